The normalized spacial score (nSPS) is 10.8. The highest BCUT2D eigenvalue weighted by Crippen LogP contribution is 2.12. The van der Waals surface area contributed by atoms with Crippen LogP contribution in [0.5, 0.6) is 0 Å². The number of pyridine rings is 1. The summed E-state index contributed by atoms with van der Waals surface area (Å²) in [5.74, 6) is 0.0291. The zero-order chi connectivity index (χ0) is 13.1. The summed E-state index contributed by atoms with van der Waals surface area (Å²) in [5, 5.41) is 2.77. The molecule has 2 heterocycles. The third-order valence-corrected chi connectivity index (χ3v) is 3.02. The van der Waals surface area contributed by atoms with Crippen LogP contribution in [0, 0.1) is 11.7 Å². The van der Waals surface area contributed by atoms with E-state index in [-0.39, 0.29) is 5.91 Å². The lowest BCUT2D eigenvalue weighted by Crippen LogP contribution is -2.23. The second kappa shape index (κ2) is 5.30. The molecule has 0 unspecified atom stereocenters. The van der Waals surface area contributed by atoms with Crippen molar-refractivity contribution in [3.8, 4) is 0 Å². The molecule has 1 amide bonds. The molecule has 0 aliphatic heterocycles. The lowest BCUT2D eigenvalue weighted by molar-refractivity contribution is -0.121. The fourth-order valence-electron chi connectivity index (χ4n) is 1.83. The summed E-state index contributed by atoms with van der Waals surface area (Å²) in [4.78, 5) is 19.0. The minimum atomic E-state index is 0.0291. The van der Waals surface area contributed by atoms with Crippen LogP contribution in [0.4, 0.5) is 0 Å². The van der Waals surface area contributed by atoms with Gasteiger partial charge in [-0.2, -0.15) is 0 Å². The molecule has 0 saturated carbocycles. The average Bonchev–Trinajstić information content (AvgIpc) is 2.62. The number of carbonyl (C=O) groups excluding carboxylic acids is 1. The molecule has 96 valence electrons. The van der Waals surface area contributed by atoms with E-state index in [9.17, 15) is 4.79 Å². The molecule has 0 radical (unpaired) electrons. The van der Waals surface area contributed by atoms with Crippen LogP contribution in [-0.2, 0) is 11.3 Å². The van der Waals surface area contributed by atoms with Crippen molar-refractivity contribution < 1.29 is 4.79 Å². The Morgan fingerprint density at radius 1 is 1.56 bits per heavy atom. The van der Waals surface area contributed by atoms with Gasteiger partial charge in [-0.05, 0) is 38.2 Å². The zero-order valence-corrected chi connectivity index (χ0v) is 11.3. The largest absolute Gasteiger partial charge is 0.356 e. The highest BCUT2D eigenvalue weighted by Gasteiger charge is 2.07. The standard InChI is InChI=1S/C12H16N4OS/c1-3-13-10(17)6-7-16-11-9(15-12(16)18)5-4-8(2)14-11/h4-5H,3,6-7H2,1-2H3,(H,13,17)(H,15,18). The molecule has 0 fully saturated rings. The van der Waals surface area contributed by atoms with Gasteiger partial charge < -0.3 is 14.9 Å². The SMILES string of the molecule is CCNC(=O)CCn1c(=S)[nH]c2ccc(C)nc21. The maximum absolute atomic E-state index is 11.5. The van der Waals surface area contributed by atoms with E-state index in [0.29, 0.717) is 24.3 Å². The fraction of sp³-hybridized carbons (Fsp3) is 0.417. The first-order chi connectivity index (χ1) is 8.61. The highest BCUT2D eigenvalue weighted by molar-refractivity contribution is 7.71. The van der Waals surface area contributed by atoms with Gasteiger partial charge in [0.15, 0.2) is 10.4 Å². The van der Waals surface area contributed by atoms with Crippen LogP contribution < -0.4 is 5.32 Å². The van der Waals surface area contributed by atoms with Crippen molar-refractivity contribution in [3.05, 3.63) is 22.6 Å². The van der Waals surface area contributed by atoms with Gasteiger partial charge in [0.2, 0.25) is 5.91 Å². The smallest absolute Gasteiger partial charge is 0.221 e. The number of amides is 1. The maximum Gasteiger partial charge on any atom is 0.221 e. The summed E-state index contributed by atoms with van der Waals surface area (Å²) in [5.41, 5.74) is 2.65. The van der Waals surface area contributed by atoms with E-state index in [0.717, 1.165) is 16.9 Å². The van der Waals surface area contributed by atoms with E-state index in [1.807, 2.05) is 30.5 Å². The van der Waals surface area contributed by atoms with Gasteiger partial charge in [-0.25, -0.2) is 4.98 Å². The molecule has 0 aliphatic rings. The van der Waals surface area contributed by atoms with Gasteiger partial charge in [-0.3, -0.25) is 4.79 Å². The lowest BCUT2D eigenvalue weighted by Gasteiger charge is -2.04. The number of imidazole rings is 1. The van der Waals surface area contributed by atoms with E-state index in [1.54, 1.807) is 0 Å². The Morgan fingerprint density at radius 3 is 3.06 bits per heavy atom. The first-order valence-electron chi connectivity index (χ1n) is 5.94. The monoisotopic (exact) mass is 264 g/mol. The summed E-state index contributed by atoms with van der Waals surface area (Å²) >= 11 is 5.25. The average molecular weight is 264 g/mol. The van der Waals surface area contributed by atoms with Crippen LogP contribution in [0.3, 0.4) is 0 Å². The molecular weight excluding hydrogens is 248 g/mol. The lowest BCUT2D eigenvalue weighted by atomic mass is 10.3. The second-order valence-electron chi connectivity index (χ2n) is 4.11. The molecule has 2 N–H and O–H groups in total. The number of rotatable bonds is 4. The Bertz CT molecular complexity index is 629. The number of H-pyrrole nitrogens is 1. The molecule has 0 bridgehead atoms. The van der Waals surface area contributed by atoms with Crippen molar-refractivity contribution in [1.82, 2.24) is 19.9 Å². The maximum atomic E-state index is 11.5. The number of nitrogens with one attached hydrogen (secondary N) is 2. The number of fused-ring (bicyclic) bond motifs is 1. The Balaban J connectivity index is 2.27. The van der Waals surface area contributed by atoms with E-state index in [2.05, 4.69) is 15.3 Å². The first-order valence-corrected chi connectivity index (χ1v) is 6.35. The van der Waals surface area contributed by atoms with E-state index in [1.165, 1.54) is 0 Å². The van der Waals surface area contributed by atoms with Crippen LogP contribution >= 0.6 is 12.2 Å². The number of carbonyl (C=O) groups is 1. The summed E-state index contributed by atoms with van der Waals surface area (Å²) in [6.07, 6.45) is 0.407. The summed E-state index contributed by atoms with van der Waals surface area (Å²) < 4.78 is 2.47. The van der Waals surface area contributed by atoms with Crippen molar-refractivity contribution in [2.75, 3.05) is 6.54 Å². The Morgan fingerprint density at radius 2 is 2.33 bits per heavy atom. The van der Waals surface area contributed by atoms with Crippen LogP contribution in [0.2, 0.25) is 0 Å². The molecule has 0 aromatic carbocycles. The molecule has 6 heteroatoms. The van der Waals surface area contributed by atoms with E-state index < -0.39 is 0 Å². The fourth-order valence-corrected chi connectivity index (χ4v) is 2.12. The van der Waals surface area contributed by atoms with E-state index in [4.69, 9.17) is 12.2 Å². The molecule has 2 aromatic heterocycles. The van der Waals surface area contributed by atoms with E-state index >= 15 is 0 Å². The predicted molar refractivity (Wildman–Crippen MR) is 73.0 cm³/mol. The van der Waals surface area contributed by atoms with Crippen molar-refractivity contribution in [2.24, 2.45) is 0 Å². The number of nitrogens with zero attached hydrogens (tertiary/aromatic N) is 2. The Hall–Kier alpha value is -1.69. The van der Waals surface area contributed by atoms with Crippen molar-refractivity contribution in [1.29, 1.82) is 0 Å². The third kappa shape index (κ3) is 2.59. The molecule has 2 aromatic rings. The third-order valence-electron chi connectivity index (χ3n) is 2.69. The Kier molecular flexibility index (Phi) is 3.76. The Labute approximate surface area is 110 Å². The minimum Gasteiger partial charge on any atom is -0.356 e. The van der Waals surface area contributed by atoms with Crippen LogP contribution in [0.15, 0.2) is 12.1 Å². The van der Waals surface area contributed by atoms with Gasteiger partial charge in [0.1, 0.15) is 0 Å². The van der Waals surface area contributed by atoms with Gasteiger partial charge in [0.25, 0.3) is 0 Å². The van der Waals surface area contributed by atoms with Gasteiger partial charge in [-0.15, -0.1) is 0 Å². The van der Waals surface area contributed by atoms with Crippen LogP contribution in [0.1, 0.15) is 19.0 Å². The number of hydrogen-bond acceptors (Lipinski definition) is 3. The van der Waals surface area contributed by atoms with Crippen LogP contribution in [-0.4, -0.2) is 27.0 Å². The van der Waals surface area contributed by atoms with Gasteiger partial charge >= 0.3 is 0 Å². The van der Waals surface area contributed by atoms with Crippen molar-refractivity contribution >= 4 is 29.3 Å². The van der Waals surface area contributed by atoms with Gasteiger partial charge in [0.05, 0.1) is 5.52 Å². The number of aryl methyl sites for hydroxylation is 2. The van der Waals surface area contributed by atoms with Gasteiger partial charge in [-0.1, -0.05) is 0 Å². The first kappa shape index (κ1) is 12.8. The second-order valence-corrected chi connectivity index (χ2v) is 4.50. The number of hydrogen-bond donors (Lipinski definition) is 2. The zero-order valence-electron chi connectivity index (χ0n) is 10.5. The molecular formula is C12H16N4OS. The molecule has 0 spiro atoms. The molecule has 2 rings (SSSR count). The number of aromatic nitrogens is 3. The topological polar surface area (TPSA) is 62.7 Å². The van der Waals surface area contributed by atoms with Crippen LogP contribution in [0.25, 0.3) is 11.2 Å². The highest BCUT2D eigenvalue weighted by atomic mass is 32.1. The molecule has 18 heavy (non-hydrogen) atoms. The molecule has 0 saturated heterocycles. The quantitative estimate of drug-likeness (QED) is 0.829. The minimum absolute atomic E-state index is 0.0291. The van der Waals surface area contributed by atoms with Crippen molar-refractivity contribution in [3.63, 3.8) is 0 Å². The van der Waals surface area contributed by atoms with Crippen molar-refractivity contribution in [2.45, 2.75) is 26.8 Å². The molecule has 0 atom stereocenters. The number of aromatic amines is 1. The molecule has 5 nitrogen and oxygen atoms in total. The molecule has 0 aliphatic carbocycles. The summed E-state index contributed by atoms with van der Waals surface area (Å²) in [6.45, 7) is 5.03. The predicted octanol–water partition coefficient (Wildman–Crippen LogP) is 1.93. The van der Waals surface area contributed by atoms with Gasteiger partial charge in [0, 0.05) is 25.2 Å². The summed E-state index contributed by atoms with van der Waals surface area (Å²) in [7, 11) is 0. The summed E-state index contributed by atoms with van der Waals surface area (Å²) in [6, 6.07) is 3.89.